The third-order valence-corrected chi connectivity index (χ3v) is 2.99. The van der Waals surface area contributed by atoms with Crippen LogP contribution in [0.5, 0.6) is 0 Å². The van der Waals surface area contributed by atoms with Crippen LogP contribution in [-0.4, -0.2) is 49.9 Å². The van der Waals surface area contributed by atoms with Gasteiger partial charge in [0, 0.05) is 12.7 Å². The number of benzene rings is 1. The maximum Gasteiger partial charge on any atom is 0.337 e. The Kier molecular flexibility index (Phi) is 3.50. The van der Waals surface area contributed by atoms with Crippen LogP contribution in [0.25, 0.3) is 0 Å². The number of anilines is 1. The molecule has 2 amide bonds. The largest absolute Gasteiger partial charge is 0.465 e. The van der Waals surface area contributed by atoms with E-state index in [-0.39, 0.29) is 24.9 Å². The Morgan fingerprint density at radius 1 is 1.11 bits per heavy atom. The van der Waals surface area contributed by atoms with Crippen LogP contribution in [-0.2, 0) is 14.3 Å². The number of hydrogen-bond donors (Lipinski definition) is 0. The van der Waals surface area contributed by atoms with Gasteiger partial charge in [0.25, 0.3) is 0 Å². The van der Waals surface area contributed by atoms with Crippen LogP contribution in [0.4, 0.5) is 5.69 Å². The monoisotopic (exact) mass is 262 g/mol. The first-order valence-corrected chi connectivity index (χ1v) is 5.75. The van der Waals surface area contributed by atoms with Gasteiger partial charge >= 0.3 is 5.97 Å². The maximum atomic E-state index is 11.9. The van der Waals surface area contributed by atoms with Crippen molar-refractivity contribution in [3.8, 4) is 0 Å². The van der Waals surface area contributed by atoms with E-state index in [2.05, 4.69) is 4.74 Å². The molecule has 0 N–H and O–H groups in total. The first-order chi connectivity index (χ1) is 9.02. The summed E-state index contributed by atoms with van der Waals surface area (Å²) >= 11 is 0. The molecular formula is C13H14N2O4. The van der Waals surface area contributed by atoms with Crippen molar-refractivity contribution in [3.05, 3.63) is 29.8 Å². The highest BCUT2D eigenvalue weighted by Crippen LogP contribution is 2.18. The standard InChI is InChI=1S/C13H14N2O4/c1-14-7-12(17)15(8-11(14)16)10-5-3-9(4-6-10)13(18)19-2/h3-6H,7-8H2,1-2H3. The summed E-state index contributed by atoms with van der Waals surface area (Å²) in [6.07, 6.45) is 0. The lowest BCUT2D eigenvalue weighted by Crippen LogP contribution is -2.52. The van der Waals surface area contributed by atoms with Crippen molar-refractivity contribution in [2.75, 3.05) is 32.1 Å². The number of carbonyl (C=O) groups is 3. The number of esters is 1. The van der Waals surface area contributed by atoms with E-state index in [9.17, 15) is 14.4 Å². The van der Waals surface area contributed by atoms with Crippen molar-refractivity contribution in [3.63, 3.8) is 0 Å². The van der Waals surface area contributed by atoms with Gasteiger partial charge in [0.05, 0.1) is 19.2 Å². The van der Waals surface area contributed by atoms with Gasteiger partial charge in [-0.05, 0) is 24.3 Å². The quantitative estimate of drug-likeness (QED) is 0.718. The summed E-state index contributed by atoms with van der Waals surface area (Å²) in [6.45, 7) is 0.0878. The smallest absolute Gasteiger partial charge is 0.337 e. The zero-order valence-corrected chi connectivity index (χ0v) is 10.8. The lowest BCUT2D eigenvalue weighted by molar-refractivity contribution is -0.136. The fourth-order valence-electron chi connectivity index (χ4n) is 1.85. The van der Waals surface area contributed by atoms with Crippen molar-refractivity contribution in [1.29, 1.82) is 0 Å². The third-order valence-electron chi connectivity index (χ3n) is 2.99. The molecule has 19 heavy (non-hydrogen) atoms. The molecule has 0 bridgehead atoms. The highest BCUT2D eigenvalue weighted by atomic mass is 16.5. The van der Waals surface area contributed by atoms with E-state index >= 15 is 0 Å². The average Bonchev–Trinajstić information content (AvgIpc) is 2.42. The van der Waals surface area contributed by atoms with Crippen molar-refractivity contribution >= 4 is 23.5 Å². The molecule has 0 atom stereocenters. The molecule has 1 fully saturated rings. The molecular weight excluding hydrogens is 248 g/mol. The van der Waals surface area contributed by atoms with Crippen LogP contribution in [0.15, 0.2) is 24.3 Å². The zero-order valence-electron chi connectivity index (χ0n) is 10.8. The minimum atomic E-state index is -0.438. The van der Waals surface area contributed by atoms with Crippen molar-refractivity contribution in [2.24, 2.45) is 0 Å². The van der Waals surface area contributed by atoms with Gasteiger partial charge in [-0.1, -0.05) is 0 Å². The number of rotatable bonds is 2. The predicted molar refractivity (Wildman–Crippen MR) is 67.8 cm³/mol. The van der Waals surface area contributed by atoms with Crippen LogP contribution in [0.1, 0.15) is 10.4 Å². The van der Waals surface area contributed by atoms with E-state index in [0.717, 1.165) is 0 Å². The summed E-state index contributed by atoms with van der Waals surface area (Å²) in [5.74, 6) is -0.697. The number of methoxy groups -OCH3 is 1. The first-order valence-electron chi connectivity index (χ1n) is 5.75. The van der Waals surface area contributed by atoms with E-state index in [1.54, 1.807) is 31.3 Å². The van der Waals surface area contributed by atoms with Crippen molar-refractivity contribution in [1.82, 2.24) is 4.90 Å². The molecule has 1 aromatic carbocycles. The molecule has 0 unspecified atom stereocenters. The van der Waals surface area contributed by atoms with Gasteiger partial charge in [0.2, 0.25) is 11.8 Å². The van der Waals surface area contributed by atoms with Crippen molar-refractivity contribution in [2.45, 2.75) is 0 Å². The van der Waals surface area contributed by atoms with Crippen LogP contribution in [0, 0.1) is 0 Å². The Balaban J connectivity index is 2.20. The summed E-state index contributed by atoms with van der Waals surface area (Å²) in [7, 11) is 2.90. The first kappa shape index (κ1) is 13.1. The Hall–Kier alpha value is -2.37. The molecule has 1 aliphatic heterocycles. The van der Waals surface area contributed by atoms with Gasteiger partial charge in [0.1, 0.15) is 6.54 Å². The molecule has 0 saturated carbocycles. The fraction of sp³-hybridized carbons (Fsp3) is 0.308. The topological polar surface area (TPSA) is 66.9 Å². The molecule has 1 aromatic rings. The second-order valence-electron chi connectivity index (χ2n) is 4.27. The molecule has 6 nitrogen and oxygen atoms in total. The fourth-order valence-corrected chi connectivity index (χ4v) is 1.85. The number of nitrogens with zero attached hydrogens (tertiary/aromatic N) is 2. The number of hydrogen-bond acceptors (Lipinski definition) is 4. The van der Waals surface area contributed by atoms with E-state index in [1.165, 1.54) is 16.9 Å². The van der Waals surface area contributed by atoms with Crippen molar-refractivity contribution < 1.29 is 19.1 Å². The lowest BCUT2D eigenvalue weighted by atomic mass is 10.2. The Morgan fingerprint density at radius 2 is 1.74 bits per heavy atom. The summed E-state index contributed by atoms with van der Waals surface area (Å²) in [4.78, 5) is 37.6. The highest BCUT2D eigenvalue weighted by molar-refractivity contribution is 6.04. The predicted octanol–water partition coefficient (Wildman–Crippen LogP) is 0.278. The number of amides is 2. The minimum Gasteiger partial charge on any atom is -0.465 e. The maximum absolute atomic E-state index is 11.9. The van der Waals surface area contributed by atoms with Gasteiger partial charge in [-0.3, -0.25) is 9.59 Å². The molecule has 0 aromatic heterocycles. The number of likely N-dealkylation sites (N-methyl/N-ethyl adjacent to an activating group) is 1. The summed E-state index contributed by atoms with van der Waals surface area (Å²) in [5, 5.41) is 0. The van der Waals surface area contributed by atoms with Gasteiger partial charge in [0.15, 0.2) is 0 Å². The molecule has 1 saturated heterocycles. The Bertz CT molecular complexity index is 524. The van der Waals surface area contributed by atoms with Crippen LogP contribution in [0.3, 0.4) is 0 Å². The molecule has 0 spiro atoms. The molecule has 1 heterocycles. The van der Waals surface area contributed by atoms with Gasteiger partial charge in [-0.25, -0.2) is 4.79 Å². The number of carbonyl (C=O) groups excluding carboxylic acids is 3. The van der Waals surface area contributed by atoms with Gasteiger partial charge < -0.3 is 14.5 Å². The summed E-state index contributed by atoms with van der Waals surface area (Å²) < 4.78 is 4.59. The Labute approximate surface area is 110 Å². The van der Waals surface area contributed by atoms with E-state index in [4.69, 9.17) is 0 Å². The summed E-state index contributed by atoms with van der Waals surface area (Å²) in [5.41, 5.74) is 0.998. The minimum absolute atomic E-state index is 0.0207. The second kappa shape index (κ2) is 5.09. The number of ether oxygens (including phenoxy) is 1. The zero-order chi connectivity index (χ0) is 14.0. The molecule has 1 aliphatic rings. The molecule has 100 valence electrons. The Morgan fingerprint density at radius 3 is 2.32 bits per heavy atom. The number of piperazine rings is 1. The lowest BCUT2D eigenvalue weighted by Gasteiger charge is -2.31. The van der Waals surface area contributed by atoms with Crippen LogP contribution in [0.2, 0.25) is 0 Å². The normalized spacial score (nSPS) is 15.7. The molecule has 2 rings (SSSR count). The molecule has 0 aliphatic carbocycles. The SMILES string of the molecule is COC(=O)c1ccc(N2CC(=O)N(C)CC2=O)cc1. The van der Waals surface area contributed by atoms with Crippen LogP contribution < -0.4 is 4.90 Å². The van der Waals surface area contributed by atoms with E-state index < -0.39 is 5.97 Å². The van der Waals surface area contributed by atoms with Crippen LogP contribution >= 0.6 is 0 Å². The second-order valence-corrected chi connectivity index (χ2v) is 4.27. The third kappa shape index (κ3) is 2.57. The molecule has 6 heteroatoms. The van der Waals surface area contributed by atoms with E-state index in [0.29, 0.717) is 11.3 Å². The van der Waals surface area contributed by atoms with Gasteiger partial charge in [-0.15, -0.1) is 0 Å². The summed E-state index contributed by atoms with van der Waals surface area (Å²) in [6, 6.07) is 6.39. The molecule has 0 radical (unpaired) electrons. The van der Waals surface area contributed by atoms with E-state index in [1.807, 2.05) is 0 Å². The highest BCUT2D eigenvalue weighted by Gasteiger charge is 2.28. The average molecular weight is 262 g/mol. The van der Waals surface area contributed by atoms with Gasteiger partial charge in [-0.2, -0.15) is 0 Å².